The molecule has 6 nitrogen and oxygen atoms in total. The van der Waals surface area contributed by atoms with Crippen molar-refractivity contribution < 1.29 is 9.50 Å². The Hall–Kier alpha value is -2.80. The molecule has 0 amide bonds. The van der Waals surface area contributed by atoms with Crippen LogP contribution in [0.1, 0.15) is 32.1 Å². The van der Waals surface area contributed by atoms with Crippen molar-refractivity contribution in [2.45, 2.75) is 38.6 Å². The maximum atomic E-state index is 13.4. The van der Waals surface area contributed by atoms with Crippen LogP contribution in [0.4, 0.5) is 10.3 Å². The van der Waals surface area contributed by atoms with E-state index in [0.29, 0.717) is 18.4 Å². The van der Waals surface area contributed by atoms with Crippen LogP contribution in [0.15, 0.2) is 42.9 Å². The van der Waals surface area contributed by atoms with Crippen molar-refractivity contribution in [3.63, 3.8) is 0 Å². The third kappa shape index (κ3) is 4.62. The van der Waals surface area contributed by atoms with E-state index in [9.17, 15) is 4.39 Å². The highest BCUT2D eigenvalue weighted by Gasteiger charge is 2.21. The zero-order valence-electron chi connectivity index (χ0n) is 16.4. The minimum Gasteiger partial charge on any atom is -0.395 e. The van der Waals surface area contributed by atoms with Gasteiger partial charge in [0.25, 0.3) is 0 Å². The number of imidazole rings is 1. The first kappa shape index (κ1) is 19.5. The standard InChI is InChI=1S/C22H26FN5O/c23-18-8-6-17(7-9-18)20-21(19-10-11-24-22(27-19)25-12-13-29)28(15-26-20)14-16-4-2-1-3-5-16/h6-11,15-16,29H,1-5,12-14H2,(H,24,25,27). The molecule has 0 unspecified atom stereocenters. The molecular formula is C22H26FN5O. The number of aliphatic hydroxyl groups is 1. The predicted molar refractivity (Wildman–Crippen MR) is 111 cm³/mol. The molecule has 0 aliphatic heterocycles. The Morgan fingerprint density at radius 1 is 1.07 bits per heavy atom. The number of nitrogens with one attached hydrogen (secondary N) is 1. The van der Waals surface area contributed by atoms with Gasteiger partial charge >= 0.3 is 0 Å². The summed E-state index contributed by atoms with van der Waals surface area (Å²) in [7, 11) is 0. The molecule has 2 N–H and O–H groups in total. The fourth-order valence-electron chi connectivity index (χ4n) is 4.00. The average molecular weight is 395 g/mol. The molecule has 1 fully saturated rings. The van der Waals surface area contributed by atoms with Gasteiger partial charge in [0.2, 0.25) is 5.95 Å². The third-order valence-electron chi connectivity index (χ3n) is 5.43. The topological polar surface area (TPSA) is 75.9 Å². The molecule has 3 aromatic rings. The molecular weight excluding hydrogens is 369 g/mol. The molecule has 2 aromatic heterocycles. The number of benzene rings is 1. The van der Waals surface area contributed by atoms with Gasteiger partial charge in [-0.05, 0) is 49.1 Å². The predicted octanol–water partition coefficient (Wildman–Crippen LogP) is 4.13. The molecule has 1 aromatic carbocycles. The lowest BCUT2D eigenvalue weighted by molar-refractivity contribution is 0.311. The van der Waals surface area contributed by atoms with Gasteiger partial charge in [-0.3, -0.25) is 0 Å². The van der Waals surface area contributed by atoms with Gasteiger partial charge in [0.1, 0.15) is 5.82 Å². The molecule has 0 atom stereocenters. The third-order valence-corrected chi connectivity index (χ3v) is 5.43. The van der Waals surface area contributed by atoms with E-state index in [2.05, 4.69) is 24.8 Å². The average Bonchev–Trinajstić information content (AvgIpc) is 3.17. The molecule has 1 aliphatic carbocycles. The summed E-state index contributed by atoms with van der Waals surface area (Å²) in [4.78, 5) is 13.5. The first-order valence-corrected chi connectivity index (χ1v) is 10.2. The van der Waals surface area contributed by atoms with E-state index in [-0.39, 0.29) is 12.4 Å². The van der Waals surface area contributed by atoms with Crippen LogP contribution in [0.2, 0.25) is 0 Å². The number of nitrogens with zero attached hydrogens (tertiary/aromatic N) is 4. The Kier molecular flexibility index (Phi) is 6.14. The molecule has 152 valence electrons. The van der Waals surface area contributed by atoms with Gasteiger partial charge in [-0.25, -0.2) is 19.3 Å². The lowest BCUT2D eigenvalue weighted by Crippen LogP contribution is -2.15. The number of rotatable bonds is 7. The summed E-state index contributed by atoms with van der Waals surface area (Å²) < 4.78 is 15.6. The van der Waals surface area contributed by atoms with Gasteiger partial charge in [-0.1, -0.05) is 19.3 Å². The lowest BCUT2D eigenvalue weighted by atomic mass is 9.89. The second-order valence-corrected chi connectivity index (χ2v) is 7.52. The maximum Gasteiger partial charge on any atom is 0.223 e. The number of anilines is 1. The fourth-order valence-corrected chi connectivity index (χ4v) is 4.00. The molecule has 0 spiro atoms. The van der Waals surface area contributed by atoms with Crippen molar-refractivity contribution in [3.8, 4) is 22.6 Å². The van der Waals surface area contributed by atoms with Gasteiger partial charge in [-0.15, -0.1) is 0 Å². The normalized spacial score (nSPS) is 14.8. The SMILES string of the molecule is OCCNc1nccc(-c2c(-c3ccc(F)cc3)ncn2CC2CCCCC2)n1. The summed E-state index contributed by atoms with van der Waals surface area (Å²) in [6.07, 6.45) is 9.91. The smallest absolute Gasteiger partial charge is 0.223 e. The summed E-state index contributed by atoms with van der Waals surface area (Å²) in [5.41, 5.74) is 3.31. The molecule has 4 rings (SSSR count). The van der Waals surface area contributed by atoms with Crippen molar-refractivity contribution in [1.82, 2.24) is 19.5 Å². The van der Waals surface area contributed by atoms with E-state index in [4.69, 9.17) is 5.11 Å². The van der Waals surface area contributed by atoms with E-state index in [1.807, 2.05) is 12.4 Å². The quantitative estimate of drug-likeness (QED) is 0.629. The van der Waals surface area contributed by atoms with Crippen LogP contribution in [0.3, 0.4) is 0 Å². The Labute approximate surface area is 169 Å². The minimum atomic E-state index is -0.269. The van der Waals surface area contributed by atoms with Crippen molar-refractivity contribution in [1.29, 1.82) is 0 Å². The van der Waals surface area contributed by atoms with Crippen LogP contribution < -0.4 is 5.32 Å². The second-order valence-electron chi connectivity index (χ2n) is 7.52. The number of halogens is 1. The highest BCUT2D eigenvalue weighted by Crippen LogP contribution is 2.33. The van der Waals surface area contributed by atoms with Crippen LogP contribution in [0, 0.1) is 11.7 Å². The minimum absolute atomic E-state index is 0.00797. The van der Waals surface area contributed by atoms with E-state index in [0.717, 1.165) is 29.2 Å². The van der Waals surface area contributed by atoms with Crippen LogP contribution in [-0.4, -0.2) is 37.8 Å². The Morgan fingerprint density at radius 3 is 2.62 bits per heavy atom. The molecule has 7 heteroatoms. The van der Waals surface area contributed by atoms with Crippen molar-refractivity contribution in [3.05, 3.63) is 48.7 Å². The summed E-state index contributed by atoms with van der Waals surface area (Å²) in [5.74, 6) is 0.827. The fraction of sp³-hybridized carbons (Fsp3) is 0.409. The second kappa shape index (κ2) is 9.13. The molecule has 0 saturated heterocycles. The summed E-state index contributed by atoms with van der Waals surface area (Å²) in [6.45, 7) is 1.29. The maximum absolute atomic E-state index is 13.4. The highest BCUT2D eigenvalue weighted by molar-refractivity contribution is 5.77. The van der Waals surface area contributed by atoms with Gasteiger partial charge < -0.3 is 15.0 Å². The summed E-state index contributed by atoms with van der Waals surface area (Å²) in [6, 6.07) is 8.27. The Morgan fingerprint density at radius 2 is 1.86 bits per heavy atom. The van der Waals surface area contributed by atoms with Crippen molar-refractivity contribution in [2.75, 3.05) is 18.5 Å². The molecule has 0 bridgehead atoms. The van der Waals surface area contributed by atoms with Gasteiger partial charge in [0, 0.05) is 24.8 Å². The number of hydrogen-bond donors (Lipinski definition) is 2. The van der Waals surface area contributed by atoms with Crippen LogP contribution in [0.25, 0.3) is 22.6 Å². The van der Waals surface area contributed by atoms with Crippen molar-refractivity contribution in [2.24, 2.45) is 5.92 Å². The lowest BCUT2D eigenvalue weighted by Gasteiger charge is -2.23. The molecule has 0 radical (unpaired) electrons. The first-order valence-electron chi connectivity index (χ1n) is 10.2. The zero-order valence-corrected chi connectivity index (χ0v) is 16.4. The van der Waals surface area contributed by atoms with E-state index >= 15 is 0 Å². The van der Waals surface area contributed by atoms with E-state index in [1.165, 1.54) is 44.2 Å². The van der Waals surface area contributed by atoms with Crippen LogP contribution in [-0.2, 0) is 6.54 Å². The van der Waals surface area contributed by atoms with Crippen LogP contribution >= 0.6 is 0 Å². The Bertz CT molecular complexity index is 935. The number of aliphatic hydroxyl groups excluding tert-OH is 1. The Balaban J connectivity index is 1.73. The molecule has 2 heterocycles. The van der Waals surface area contributed by atoms with Crippen molar-refractivity contribution >= 4 is 5.95 Å². The van der Waals surface area contributed by atoms with E-state index in [1.54, 1.807) is 18.3 Å². The highest BCUT2D eigenvalue weighted by atomic mass is 19.1. The number of hydrogen-bond acceptors (Lipinski definition) is 5. The van der Waals surface area contributed by atoms with Gasteiger partial charge in [0.05, 0.1) is 30.0 Å². The van der Waals surface area contributed by atoms with E-state index < -0.39 is 0 Å². The largest absolute Gasteiger partial charge is 0.395 e. The van der Waals surface area contributed by atoms with Crippen LogP contribution in [0.5, 0.6) is 0 Å². The molecule has 29 heavy (non-hydrogen) atoms. The first-order chi connectivity index (χ1) is 14.2. The monoisotopic (exact) mass is 395 g/mol. The molecule has 1 aliphatic rings. The number of aromatic nitrogens is 4. The summed E-state index contributed by atoms with van der Waals surface area (Å²) >= 11 is 0. The van der Waals surface area contributed by atoms with Gasteiger partial charge in [-0.2, -0.15) is 0 Å². The molecule has 1 saturated carbocycles. The summed E-state index contributed by atoms with van der Waals surface area (Å²) in [5, 5.41) is 12.1. The zero-order chi connectivity index (χ0) is 20.1. The van der Waals surface area contributed by atoms with Gasteiger partial charge in [0.15, 0.2) is 0 Å².